The van der Waals surface area contributed by atoms with Crippen LogP contribution >= 0.6 is 0 Å². The molecule has 2 saturated heterocycles. The molecule has 2 atom stereocenters. The average molecular weight is 234 g/mol. The third kappa shape index (κ3) is 1.75. The van der Waals surface area contributed by atoms with E-state index in [1.54, 1.807) is 0 Å². The second-order valence-electron chi connectivity index (χ2n) is 5.14. The number of fused-ring (bicyclic) bond motifs is 1. The SMILES string of the molecule is CCc1cn(CC)c(N2CC[C@H]3CNC[C@H]32)n1. The number of imidazole rings is 1. The fourth-order valence-electron chi connectivity index (χ4n) is 3.19. The number of nitrogens with zero attached hydrogens (tertiary/aromatic N) is 3. The van der Waals surface area contributed by atoms with Crippen LogP contribution in [-0.2, 0) is 13.0 Å². The Hall–Kier alpha value is -1.03. The van der Waals surface area contributed by atoms with E-state index >= 15 is 0 Å². The van der Waals surface area contributed by atoms with Gasteiger partial charge in [0.2, 0.25) is 5.95 Å². The molecule has 2 aliphatic heterocycles. The number of aromatic nitrogens is 2. The number of nitrogens with one attached hydrogen (secondary N) is 1. The molecule has 0 unspecified atom stereocenters. The molecule has 4 nitrogen and oxygen atoms in total. The van der Waals surface area contributed by atoms with Crippen molar-refractivity contribution in [3.05, 3.63) is 11.9 Å². The van der Waals surface area contributed by atoms with Crippen molar-refractivity contribution in [3.63, 3.8) is 0 Å². The van der Waals surface area contributed by atoms with E-state index in [1.807, 2.05) is 0 Å². The van der Waals surface area contributed by atoms with Crippen LogP contribution < -0.4 is 10.2 Å². The van der Waals surface area contributed by atoms with Gasteiger partial charge in [0, 0.05) is 38.4 Å². The molecule has 0 radical (unpaired) electrons. The first kappa shape index (κ1) is 11.1. The minimum Gasteiger partial charge on any atom is -0.338 e. The molecule has 0 amide bonds. The van der Waals surface area contributed by atoms with Gasteiger partial charge < -0.3 is 14.8 Å². The maximum absolute atomic E-state index is 4.80. The highest BCUT2D eigenvalue weighted by molar-refractivity contribution is 5.38. The number of hydrogen-bond donors (Lipinski definition) is 1. The van der Waals surface area contributed by atoms with Crippen LogP contribution in [0.1, 0.15) is 26.0 Å². The Morgan fingerprint density at radius 2 is 2.29 bits per heavy atom. The van der Waals surface area contributed by atoms with Gasteiger partial charge in [0.25, 0.3) is 0 Å². The summed E-state index contributed by atoms with van der Waals surface area (Å²) in [6.45, 7) is 8.89. The monoisotopic (exact) mass is 234 g/mol. The molecule has 1 aromatic rings. The van der Waals surface area contributed by atoms with E-state index in [0.29, 0.717) is 6.04 Å². The summed E-state index contributed by atoms with van der Waals surface area (Å²) in [6, 6.07) is 0.674. The largest absolute Gasteiger partial charge is 0.338 e. The zero-order valence-corrected chi connectivity index (χ0v) is 10.8. The highest BCUT2D eigenvalue weighted by Gasteiger charge is 2.39. The standard InChI is InChI=1S/C13H22N4/c1-3-11-9-16(4-2)13(15-11)17-6-5-10-7-14-8-12(10)17/h9-10,12,14H,3-8H2,1-2H3/t10-,12+/m0/s1. The van der Waals surface area contributed by atoms with Crippen LogP contribution in [0.2, 0.25) is 0 Å². The Morgan fingerprint density at radius 1 is 1.41 bits per heavy atom. The first-order chi connectivity index (χ1) is 8.33. The zero-order chi connectivity index (χ0) is 11.8. The highest BCUT2D eigenvalue weighted by Crippen LogP contribution is 2.31. The molecule has 0 aliphatic carbocycles. The van der Waals surface area contributed by atoms with Gasteiger partial charge in [-0.25, -0.2) is 4.98 Å². The quantitative estimate of drug-likeness (QED) is 0.855. The fraction of sp³-hybridized carbons (Fsp3) is 0.769. The van der Waals surface area contributed by atoms with Gasteiger partial charge in [-0.15, -0.1) is 0 Å². The summed E-state index contributed by atoms with van der Waals surface area (Å²) in [6.07, 6.45) is 4.56. The first-order valence-corrected chi connectivity index (χ1v) is 6.86. The maximum Gasteiger partial charge on any atom is 0.206 e. The van der Waals surface area contributed by atoms with Crippen LogP contribution in [0.15, 0.2) is 6.20 Å². The van der Waals surface area contributed by atoms with E-state index in [1.165, 1.54) is 31.2 Å². The smallest absolute Gasteiger partial charge is 0.206 e. The Labute approximate surface area is 103 Å². The second kappa shape index (κ2) is 4.33. The van der Waals surface area contributed by atoms with Crippen molar-refractivity contribution in [1.29, 1.82) is 0 Å². The molecule has 4 heteroatoms. The lowest BCUT2D eigenvalue weighted by Crippen LogP contribution is -2.36. The van der Waals surface area contributed by atoms with E-state index in [0.717, 1.165) is 25.4 Å². The number of aryl methyl sites for hydroxylation is 2. The van der Waals surface area contributed by atoms with E-state index in [9.17, 15) is 0 Å². The normalized spacial score (nSPS) is 27.8. The summed E-state index contributed by atoms with van der Waals surface area (Å²) in [4.78, 5) is 7.32. The Morgan fingerprint density at radius 3 is 3.06 bits per heavy atom. The molecule has 1 aromatic heterocycles. The Kier molecular flexibility index (Phi) is 2.82. The molecule has 3 heterocycles. The predicted molar refractivity (Wildman–Crippen MR) is 69.4 cm³/mol. The minimum absolute atomic E-state index is 0.674. The topological polar surface area (TPSA) is 33.1 Å². The molecule has 0 bridgehead atoms. The van der Waals surface area contributed by atoms with Gasteiger partial charge in [-0.05, 0) is 25.7 Å². The van der Waals surface area contributed by atoms with Gasteiger partial charge in [0.1, 0.15) is 0 Å². The Balaban J connectivity index is 1.90. The third-order valence-electron chi connectivity index (χ3n) is 4.21. The van der Waals surface area contributed by atoms with Crippen molar-refractivity contribution in [2.45, 2.75) is 39.3 Å². The van der Waals surface area contributed by atoms with Gasteiger partial charge >= 0.3 is 0 Å². The number of rotatable bonds is 3. The van der Waals surface area contributed by atoms with Crippen LogP contribution in [0.3, 0.4) is 0 Å². The van der Waals surface area contributed by atoms with Crippen molar-refractivity contribution in [3.8, 4) is 0 Å². The average Bonchev–Trinajstić information content (AvgIpc) is 3.02. The molecule has 0 saturated carbocycles. The molecule has 1 N–H and O–H groups in total. The number of anilines is 1. The molecule has 3 rings (SSSR count). The lowest BCUT2D eigenvalue weighted by molar-refractivity contribution is 0.571. The van der Waals surface area contributed by atoms with E-state index in [4.69, 9.17) is 4.98 Å². The molecule has 0 aromatic carbocycles. The molecule has 0 spiro atoms. The lowest BCUT2D eigenvalue weighted by atomic mass is 10.1. The van der Waals surface area contributed by atoms with Crippen molar-refractivity contribution >= 4 is 5.95 Å². The first-order valence-electron chi connectivity index (χ1n) is 6.86. The Bertz CT molecular complexity index is 398. The van der Waals surface area contributed by atoms with Crippen LogP contribution in [0, 0.1) is 5.92 Å². The van der Waals surface area contributed by atoms with Crippen molar-refractivity contribution in [2.24, 2.45) is 5.92 Å². The van der Waals surface area contributed by atoms with Crippen molar-refractivity contribution in [2.75, 3.05) is 24.5 Å². The highest BCUT2D eigenvalue weighted by atomic mass is 15.4. The molecular formula is C13H22N4. The van der Waals surface area contributed by atoms with Gasteiger partial charge in [-0.3, -0.25) is 0 Å². The van der Waals surface area contributed by atoms with Gasteiger partial charge in [0.05, 0.1) is 5.69 Å². The maximum atomic E-state index is 4.80. The van der Waals surface area contributed by atoms with Crippen LogP contribution in [0.4, 0.5) is 5.95 Å². The summed E-state index contributed by atoms with van der Waals surface area (Å²) in [7, 11) is 0. The summed E-state index contributed by atoms with van der Waals surface area (Å²) in [5.41, 5.74) is 1.22. The van der Waals surface area contributed by atoms with Crippen LogP contribution in [0.5, 0.6) is 0 Å². The molecule has 17 heavy (non-hydrogen) atoms. The summed E-state index contributed by atoms with van der Waals surface area (Å²) < 4.78 is 2.31. The van der Waals surface area contributed by atoms with Crippen LogP contribution in [-0.4, -0.2) is 35.2 Å². The number of hydrogen-bond acceptors (Lipinski definition) is 3. The lowest BCUT2D eigenvalue weighted by Gasteiger charge is -2.24. The van der Waals surface area contributed by atoms with E-state index in [2.05, 4.69) is 34.8 Å². The predicted octanol–water partition coefficient (Wildman–Crippen LogP) is 1.26. The van der Waals surface area contributed by atoms with Crippen molar-refractivity contribution in [1.82, 2.24) is 14.9 Å². The van der Waals surface area contributed by atoms with Gasteiger partial charge in [0.15, 0.2) is 0 Å². The van der Waals surface area contributed by atoms with E-state index < -0.39 is 0 Å². The molecular weight excluding hydrogens is 212 g/mol. The summed E-state index contributed by atoms with van der Waals surface area (Å²) in [5, 5.41) is 3.50. The molecule has 2 fully saturated rings. The zero-order valence-electron chi connectivity index (χ0n) is 10.8. The molecule has 94 valence electrons. The summed E-state index contributed by atoms with van der Waals surface area (Å²) >= 11 is 0. The van der Waals surface area contributed by atoms with Gasteiger partial charge in [-0.2, -0.15) is 0 Å². The van der Waals surface area contributed by atoms with Crippen LogP contribution in [0.25, 0.3) is 0 Å². The second-order valence-corrected chi connectivity index (χ2v) is 5.14. The van der Waals surface area contributed by atoms with Gasteiger partial charge in [-0.1, -0.05) is 6.92 Å². The fourth-order valence-corrected chi connectivity index (χ4v) is 3.19. The third-order valence-corrected chi connectivity index (χ3v) is 4.21. The van der Waals surface area contributed by atoms with E-state index in [-0.39, 0.29) is 0 Å². The summed E-state index contributed by atoms with van der Waals surface area (Å²) in [5.74, 6) is 2.03. The minimum atomic E-state index is 0.674. The van der Waals surface area contributed by atoms with Crippen molar-refractivity contribution < 1.29 is 0 Å². The molecule has 2 aliphatic rings.